The number of ether oxygens (including phenoxy) is 1. The van der Waals surface area contributed by atoms with Crippen LogP contribution in [0.15, 0.2) is 51.4 Å². The summed E-state index contributed by atoms with van der Waals surface area (Å²) in [4.78, 5) is 24.5. The van der Waals surface area contributed by atoms with Crippen LogP contribution in [0.1, 0.15) is 17.3 Å². The number of benzene rings is 1. The van der Waals surface area contributed by atoms with E-state index in [1.54, 1.807) is 31.2 Å². The molecule has 0 saturated heterocycles. The van der Waals surface area contributed by atoms with Crippen LogP contribution in [-0.4, -0.2) is 34.4 Å². The Morgan fingerprint density at radius 1 is 1.23 bits per heavy atom. The third-order valence-electron chi connectivity index (χ3n) is 3.14. The van der Waals surface area contributed by atoms with E-state index in [0.29, 0.717) is 29.0 Å². The molecule has 0 bridgehead atoms. The van der Waals surface area contributed by atoms with Crippen molar-refractivity contribution < 1.29 is 18.7 Å². The van der Waals surface area contributed by atoms with Gasteiger partial charge in [0.15, 0.2) is 0 Å². The van der Waals surface area contributed by atoms with E-state index in [0.717, 1.165) is 16.6 Å². The van der Waals surface area contributed by atoms with Crippen LogP contribution in [0.25, 0.3) is 10.8 Å². The van der Waals surface area contributed by atoms with Crippen molar-refractivity contribution in [1.29, 1.82) is 0 Å². The smallest absolute Gasteiger partial charge is 0.338 e. The molecule has 0 radical (unpaired) electrons. The van der Waals surface area contributed by atoms with Gasteiger partial charge in [0.2, 0.25) is 5.91 Å². The van der Waals surface area contributed by atoms with Gasteiger partial charge in [0.05, 0.1) is 22.8 Å². The highest BCUT2D eigenvalue weighted by atomic mass is 32.2. The van der Waals surface area contributed by atoms with E-state index in [1.807, 2.05) is 17.5 Å². The highest BCUT2D eigenvalue weighted by molar-refractivity contribution is 7.99. The van der Waals surface area contributed by atoms with Gasteiger partial charge in [-0.3, -0.25) is 4.79 Å². The molecule has 0 atom stereocenters. The largest absolute Gasteiger partial charge is 0.462 e. The zero-order valence-corrected chi connectivity index (χ0v) is 15.4. The van der Waals surface area contributed by atoms with Gasteiger partial charge in [-0.15, -0.1) is 21.5 Å². The van der Waals surface area contributed by atoms with E-state index >= 15 is 0 Å². The maximum atomic E-state index is 12.0. The summed E-state index contributed by atoms with van der Waals surface area (Å²) in [6.45, 7) is 2.06. The molecule has 0 unspecified atom stereocenters. The molecule has 0 saturated carbocycles. The molecule has 134 valence electrons. The molecular weight excluding hydrogens is 374 g/mol. The molecule has 2 heterocycles. The number of rotatable bonds is 7. The second-order valence-electron chi connectivity index (χ2n) is 4.99. The van der Waals surface area contributed by atoms with Gasteiger partial charge < -0.3 is 14.5 Å². The average molecular weight is 389 g/mol. The lowest BCUT2D eigenvalue weighted by molar-refractivity contribution is -0.113. The van der Waals surface area contributed by atoms with Crippen LogP contribution >= 0.6 is 23.1 Å². The van der Waals surface area contributed by atoms with Crippen molar-refractivity contribution in [1.82, 2.24) is 10.2 Å². The topological polar surface area (TPSA) is 94.3 Å². The lowest BCUT2D eigenvalue weighted by Gasteiger charge is -2.05. The van der Waals surface area contributed by atoms with E-state index in [9.17, 15) is 9.59 Å². The molecule has 1 N–H and O–H groups in total. The van der Waals surface area contributed by atoms with E-state index in [2.05, 4.69) is 15.5 Å². The van der Waals surface area contributed by atoms with E-state index in [4.69, 9.17) is 9.15 Å². The van der Waals surface area contributed by atoms with Gasteiger partial charge in [-0.05, 0) is 42.6 Å². The maximum Gasteiger partial charge on any atom is 0.338 e. The molecule has 0 aliphatic heterocycles. The van der Waals surface area contributed by atoms with Gasteiger partial charge in [-0.1, -0.05) is 17.8 Å². The van der Waals surface area contributed by atoms with Crippen molar-refractivity contribution in [3.63, 3.8) is 0 Å². The van der Waals surface area contributed by atoms with Crippen molar-refractivity contribution in [3.8, 4) is 10.8 Å². The second-order valence-corrected chi connectivity index (χ2v) is 6.86. The first-order chi connectivity index (χ1) is 12.7. The van der Waals surface area contributed by atoms with Crippen molar-refractivity contribution in [2.75, 3.05) is 17.7 Å². The van der Waals surface area contributed by atoms with Gasteiger partial charge in [-0.25, -0.2) is 4.79 Å². The lowest BCUT2D eigenvalue weighted by atomic mass is 10.2. The van der Waals surface area contributed by atoms with Crippen LogP contribution in [0.2, 0.25) is 0 Å². The quantitative estimate of drug-likeness (QED) is 0.486. The fourth-order valence-corrected chi connectivity index (χ4v) is 3.20. The molecule has 1 aromatic carbocycles. The number of amides is 1. The van der Waals surface area contributed by atoms with Gasteiger partial charge >= 0.3 is 5.97 Å². The number of nitrogens with one attached hydrogen (secondary N) is 1. The molecule has 26 heavy (non-hydrogen) atoms. The Balaban J connectivity index is 1.50. The first kappa shape index (κ1) is 18.2. The Morgan fingerprint density at radius 2 is 2.04 bits per heavy atom. The number of nitrogens with zero attached hydrogens (tertiary/aromatic N) is 2. The van der Waals surface area contributed by atoms with Crippen molar-refractivity contribution in [2.24, 2.45) is 0 Å². The van der Waals surface area contributed by atoms with Crippen LogP contribution in [0.4, 0.5) is 5.69 Å². The van der Waals surface area contributed by atoms with Crippen LogP contribution < -0.4 is 5.32 Å². The normalized spacial score (nSPS) is 10.5. The number of thioether (sulfide) groups is 1. The van der Waals surface area contributed by atoms with Gasteiger partial charge in [0.1, 0.15) is 0 Å². The minimum absolute atomic E-state index is 0.131. The summed E-state index contributed by atoms with van der Waals surface area (Å²) in [6, 6.07) is 10.3. The Bertz CT molecular complexity index is 876. The SMILES string of the molecule is CCOC(=O)c1ccc(NC(=O)CSc2nnc(-c3cccs3)o2)cc1. The highest BCUT2D eigenvalue weighted by Gasteiger charge is 2.12. The van der Waals surface area contributed by atoms with Crippen LogP contribution in [0.3, 0.4) is 0 Å². The number of carbonyl (C=O) groups is 2. The fraction of sp³-hybridized carbons (Fsp3) is 0.176. The summed E-state index contributed by atoms with van der Waals surface area (Å²) >= 11 is 2.66. The molecule has 7 nitrogen and oxygen atoms in total. The number of carbonyl (C=O) groups excluding carboxylic acids is 2. The number of hydrogen-bond acceptors (Lipinski definition) is 8. The summed E-state index contributed by atoms with van der Waals surface area (Å²) in [5, 5.41) is 12.9. The van der Waals surface area contributed by atoms with Gasteiger partial charge in [0, 0.05) is 5.69 Å². The number of hydrogen-bond donors (Lipinski definition) is 1. The summed E-state index contributed by atoms with van der Waals surface area (Å²) in [5.74, 6) is -0.0304. The van der Waals surface area contributed by atoms with E-state index in [1.165, 1.54) is 11.3 Å². The van der Waals surface area contributed by atoms with Crippen LogP contribution in [0.5, 0.6) is 0 Å². The molecule has 3 rings (SSSR count). The lowest BCUT2D eigenvalue weighted by Crippen LogP contribution is -2.14. The first-order valence-electron chi connectivity index (χ1n) is 7.73. The molecule has 0 aliphatic carbocycles. The van der Waals surface area contributed by atoms with Crippen molar-refractivity contribution in [3.05, 3.63) is 47.3 Å². The number of esters is 1. The molecule has 0 spiro atoms. The third kappa shape index (κ3) is 4.70. The number of aromatic nitrogens is 2. The van der Waals surface area contributed by atoms with Crippen molar-refractivity contribution >= 4 is 40.7 Å². The predicted octanol–water partition coefficient (Wildman–Crippen LogP) is 3.71. The number of thiophene rings is 1. The summed E-state index contributed by atoms with van der Waals surface area (Å²) in [7, 11) is 0. The molecule has 0 aliphatic rings. The van der Waals surface area contributed by atoms with Gasteiger partial charge in [0.25, 0.3) is 11.1 Å². The molecule has 9 heteroatoms. The van der Waals surface area contributed by atoms with Gasteiger partial charge in [-0.2, -0.15) is 0 Å². The zero-order valence-electron chi connectivity index (χ0n) is 13.8. The Kier molecular flexibility index (Phi) is 6.03. The highest BCUT2D eigenvalue weighted by Crippen LogP contribution is 2.26. The summed E-state index contributed by atoms with van der Waals surface area (Å²) in [6.07, 6.45) is 0. The Labute approximate surface area is 157 Å². The predicted molar refractivity (Wildman–Crippen MR) is 99.4 cm³/mol. The van der Waals surface area contributed by atoms with E-state index in [-0.39, 0.29) is 17.6 Å². The minimum atomic E-state index is -0.390. The monoisotopic (exact) mass is 389 g/mol. The van der Waals surface area contributed by atoms with E-state index < -0.39 is 0 Å². The average Bonchev–Trinajstić information content (AvgIpc) is 3.32. The van der Waals surface area contributed by atoms with Crippen molar-refractivity contribution in [2.45, 2.75) is 12.1 Å². The fourth-order valence-electron chi connectivity index (χ4n) is 2.00. The number of anilines is 1. The molecule has 3 aromatic rings. The zero-order chi connectivity index (χ0) is 18.4. The van der Waals surface area contributed by atoms with Crippen LogP contribution in [0, 0.1) is 0 Å². The Morgan fingerprint density at radius 3 is 2.73 bits per heavy atom. The standard InChI is InChI=1S/C17H15N3O4S2/c1-2-23-16(22)11-5-7-12(8-6-11)18-14(21)10-26-17-20-19-15(24-17)13-4-3-9-25-13/h3-9H,2,10H2,1H3,(H,18,21). The third-order valence-corrected chi connectivity index (χ3v) is 4.82. The maximum absolute atomic E-state index is 12.0. The summed E-state index contributed by atoms with van der Waals surface area (Å²) in [5.41, 5.74) is 1.03. The van der Waals surface area contributed by atoms with Crippen LogP contribution in [-0.2, 0) is 9.53 Å². The first-order valence-corrected chi connectivity index (χ1v) is 9.59. The molecule has 0 fully saturated rings. The Hall–Kier alpha value is -2.65. The molecule has 1 amide bonds. The molecule has 2 aromatic heterocycles. The second kappa shape index (κ2) is 8.63. The summed E-state index contributed by atoms with van der Waals surface area (Å²) < 4.78 is 10.4. The minimum Gasteiger partial charge on any atom is -0.462 e. The molecular formula is C17H15N3O4S2.